The first-order chi connectivity index (χ1) is 15.3. The van der Waals surface area contributed by atoms with Crippen LogP contribution in [0, 0.1) is 0 Å². The highest BCUT2D eigenvalue weighted by Gasteiger charge is 2.39. The van der Waals surface area contributed by atoms with E-state index in [2.05, 4.69) is 13.8 Å². The molecule has 0 aliphatic carbocycles. The molecular formula is C22H24F3NO7. The van der Waals surface area contributed by atoms with Gasteiger partial charge in [0, 0.05) is 28.7 Å². The minimum atomic E-state index is -5.08. The number of nitrogens with two attached hydrogens (primary N) is 1. The summed E-state index contributed by atoms with van der Waals surface area (Å²) in [6.45, 7) is 4.41. The molecule has 0 spiro atoms. The minimum Gasteiger partial charge on any atom is -0.496 e. The first-order valence-electron chi connectivity index (χ1n) is 9.60. The summed E-state index contributed by atoms with van der Waals surface area (Å²) in [4.78, 5) is 20.3. The van der Waals surface area contributed by atoms with Crippen molar-refractivity contribution in [2.75, 3.05) is 14.2 Å². The summed E-state index contributed by atoms with van der Waals surface area (Å²) in [7, 11) is 3.10. The number of hydrogen-bond acceptors (Lipinski definition) is 6. The van der Waals surface area contributed by atoms with Gasteiger partial charge in [-0.05, 0) is 12.1 Å². The van der Waals surface area contributed by atoms with Crippen LogP contribution in [-0.2, 0) is 28.0 Å². The van der Waals surface area contributed by atoms with E-state index in [9.17, 15) is 23.1 Å². The van der Waals surface area contributed by atoms with Gasteiger partial charge in [-0.3, -0.25) is 4.79 Å². The Bertz CT molecular complexity index is 1060. The molecule has 0 saturated heterocycles. The number of carbonyl (C=O) groups is 2. The minimum absolute atomic E-state index is 0.195. The van der Waals surface area contributed by atoms with E-state index in [4.69, 9.17) is 29.8 Å². The number of fused-ring (bicyclic) bond motifs is 2. The smallest absolute Gasteiger partial charge is 0.490 e. The molecule has 4 N–H and O–H groups in total. The molecule has 0 fully saturated rings. The molecule has 33 heavy (non-hydrogen) atoms. The van der Waals surface area contributed by atoms with Gasteiger partial charge >= 0.3 is 18.1 Å². The molecule has 2 aromatic carbocycles. The number of benzene rings is 2. The van der Waals surface area contributed by atoms with Crippen molar-refractivity contribution in [2.45, 2.75) is 38.4 Å². The quantitative estimate of drug-likeness (QED) is 0.600. The molecule has 0 amide bonds. The van der Waals surface area contributed by atoms with Crippen LogP contribution in [0.1, 0.15) is 36.1 Å². The Morgan fingerprint density at radius 1 is 0.970 bits per heavy atom. The molecule has 180 valence electrons. The van der Waals surface area contributed by atoms with Gasteiger partial charge in [0.15, 0.2) is 0 Å². The van der Waals surface area contributed by atoms with Crippen molar-refractivity contribution >= 4 is 11.9 Å². The van der Waals surface area contributed by atoms with Crippen molar-refractivity contribution in [3.63, 3.8) is 0 Å². The zero-order chi connectivity index (χ0) is 25.1. The highest BCUT2D eigenvalue weighted by atomic mass is 19.4. The van der Waals surface area contributed by atoms with Crippen LogP contribution in [0.15, 0.2) is 24.3 Å². The summed E-state index contributed by atoms with van der Waals surface area (Å²) >= 11 is 0. The van der Waals surface area contributed by atoms with E-state index < -0.39 is 23.5 Å². The molecule has 0 bridgehead atoms. The van der Waals surface area contributed by atoms with E-state index >= 15 is 0 Å². The second-order valence-electron chi connectivity index (χ2n) is 7.55. The fraction of sp³-hybridized carbons (Fsp3) is 0.364. The van der Waals surface area contributed by atoms with Crippen LogP contribution in [0.5, 0.6) is 23.0 Å². The van der Waals surface area contributed by atoms with Gasteiger partial charge in [-0.25, -0.2) is 4.79 Å². The molecule has 8 nitrogen and oxygen atoms in total. The molecule has 0 atom stereocenters. The highest BCUT2D eigenvalue weighted by Crippen LogP contribution is 2.53. The Morgan fingerprint density at radius 2 is 1.39 bits per heavy atom. The second kappa shape index (κ2) is 9.57. The van der Waals surface area contributed by atoms with Crippen molar-refractivity contribution in [1.82, 2.24) is 0 Å². The first-order valence-corrected chi connectivity index (χ1v) is 9.60. The highest BCUT2D eigenvalue weighted by molar-refractivity contribution is 5.75. The Labute approximate surface area is 187 Å². The zero-order valence-corrected chi connectivity index (χ0v) is 18.4. The monoisotopic (exact) mass is 471 g/mol. The van der Waals surface area contributed by atoms with E-state index in [1.807, 2.05) is 18.2 Å². The van der Waals surface area contributed by atoms with Crippen LogP contribution in [0.25, 0.3) is 0 Å². The summed E-state index contributed by atoms with van der Waals surface area (Å²) in [6, 6.07) is 7.57. The molecule has 2 aromatic rings. The molecule has 0 unspecified atom stereocenters. The number of ether oxygens (including phenoxy) is 3. The zero-order valence-electron chi connectivity index (χ0n) is 18.4. The SMILES string of the molecule is COc1ccc2c(c1CN)Oc1c(ccc(OC)c1CC(=O)O)C2(C)C.O=C(O)C(F)(F)F. The number of rotatable bonds is 5. The van der Waals surface area contributed by atoms with Gasteiger partial charge in [0.05, 0.1) is 26.2 Å². The van der Waals surface area contributed by atoms with Crippen LogP contribution < -0.4 is 19.9 Å². The van der Waals surface area contributed by atoms with E-state index in [0.29, 0.717) is 28.6 Å². The van der Waals surface area contributed by atoms with Crippen molar-refractivity contribution < 1.29 is 47.2 Å². The molecule has 11 heteroatoms. The number of aliphatic carboxylic acids is 2. The van der Waals surface area contributed by atoms with Crippen molar-refractivity contribution in [2.24, 2.45) is 5.73 Å². The third-order valence-corrected chi connectivity index (χ3v) is 5.20. The molecule has 1 heterocycles. The van der Waals surface area contributed by atoms with Crippen molar-refractivity contribution in [3.05, 3.63) is 46.5 Å². The average Bonchev–Trinajstić information content (AvgIpc) is 2.72. The third kappa shape index (κ3) is 5.14. The maximum atomic E-state index is 11.4. The van der Waals surface area contributed by atoms with Gasteiger partial charge in [0.1, 0.15) is 23.0 Å². The topological polar surface area (TPSA) is 128 Å². The van der Waals surface area contributed by atoms with Crippen molar-refractivity contribution in [3.8, 4) is 23.0 Å². The standard InChI is InChI=1S/C20H23NO5.C2HF3O2/c1-20(2)13-5-7-15(24-3)11(9-17(22)23)18(13)26-19-12(10-21)16(25-4)8-6-14(19)20;3-2(4,5)1(6)7/h5-8H,9-10,21H2,1-4H3,(H,22,23);(H,6,7). The number of alkyl halides is 3. The largest absolute Gasteiger partial charge is 0.496 e. The summed E-state index contributed by atoms with van der Waals surface area (Å²) < 4.78 is 48.8. The maximum absolute atomic E-state index is 11.4. The number of carboxylic acids is 2. The second-order valence-corrected chi connectivity index (χ2v) is 7.55. The van der Waals surface area contributed by atoms with E-state index in [1.54, 1.807) is 13.2 Å². The van der Waals surface area contributed by atoms with E-state index in [1.165, 1.54) is 7.11 Å². The summed E-state index contributed by atoms with van der Waals surface area (Å²) in [5, 5.41) is 16.5. The number of hydrogen-bond donors (Lipinski definition) is 3. The van der Waals surface area contributed by atoms with Gasteiger partial charge in [-0.2, -0.15) is 13.2 Å². The Morgan fingerprint density at radius 3 is 1.76 bits per heavy atom. The van der Waals surface area contributed by atoms with Gasteiger partial charge in [-0.1, -0.05) is 26.0 Å². The molecule has 0 radical (unpaired) electrons. The lowest BCUT2D eigenvalue weighted by atomic mass is 9.74. The maximum Gasteiger partial charge on any atom is 0.490 e. The molecule has 1 aliphatic heterocycles. The summed E-state index contributed by atoms with van der Waals surface area (Å²) in [5.74, 6) is -1.42. The predicted molar refractivity (Wildman–Crippen MR) is 111 cm³/mol. The molecule has 1 aliphatic rings. The van der Waals surface area contributed by atoms with E-state index in [0.717, 1.165) is 16.7 Å². The lowest BCUT2D eigenvalue weighted by Crippen LogP contribution is -2.26. The van der Waals surface area contributed by atoms with Crippen molar-refractivity contribution in [1.29, 1.82) is 0 Å². The Kier molecular flexibility index (Phi) is 7.48. The van der Waals surface area contributed by atoms with Gasteiger partial charge in [0.2, 0.25) is 0 Å². The van der Waals surface area contributed by atoms with Gasteiger partial charge in [0.25, 0.3) is 0 Å². The molecule has 3 rings (SSSR count). The van der Waals surface area contributed by atoms with E-state index in [-0.39, 0.29) is 13.0 Å². The lowest BCUT2D eigenvalue weighted by molar-refractivity contribution is -0.192. The summed E-state index contributed by atoms with van der Waals surface area (Å²) in [5.41, 5.74) is 8.73. The van der Waals surface area contributed by atoms with Gasteiger partial charge < -0.3 is 30.2 Å². The molecular weight excluding hydrogens is 447 g/mol. The normalized spacial score (nSPS) is 13.5. The Balaban J connectivity index is 0.000000479. The molecule has 0 aromatic heterocycles. The number of carboxylic acid groups (broad SMARTS) is 2. The van der Waals surface area contributed by atoms with Crippen LogP contribution in [0.2, 0.25) is 0 Å². The lowest BCUT2D eigenvalue weighted by Gasteiger charge is -2.37. The third-order valence-electron chi connectivity index (χ3n) is 5.20. The average molecular weight is 471 g/mol. The van der Waals surface area contributed by atoms with Crippen LogP contribution in [0.3, 0.4) is 0 Å². The molecule has 0 saturated carbocycles. The Hall–Kier alpha value is -3.47. The fourth-order valence-corrected chi connectivity index (χ4v) is 3.58. The number of methoxy groups -OCH3 is 2. The predicted octanol–water partition coefficient (Wildman–Crippen LogP) is 3.85. The van der Waals surface area contributed by atoms with Crippen LogP contribution in [0.4, 0.5) is 13.2 Å². The summed E-state index contributed by atoms with van der Waals surface area (Å²) in [6.07, 6.45) is -5.28. The van der Waals surface area contributed by atoms with Crippen LogP contribution in [-0.4, -0.2) is 42.5 Å². The first kappa shape index (κ1) is 25.8. The fourth-order valence-electron chi connectivity index (χ4n) is 3.58. The van der Waals surface area contributed by atoms with Crippen LogP contribution >= 0.6 is 0 Å². The number of halogens is 3. The van der Waals surface area contributed by atoms with Gasteiger partial charge in [-0.15, -0.1) is 0 Å².